The largest absolute Gasteiger partial charge is 0.383 e. The van der Waals surface area contributed by atoms with Gasteiger partial charge in [0, 0.05) is 6.07 Å². The van der Waals surface area contributed by atoms with Gasteiger partial charge in [-0.3, -0.25) is 0 Å². The number of hydrogen-bond donors (Lipinski definition) is 2. The van der Waals surface area contributed by atoms with Crippen molar-refractivity contribution in [3.63, 3.8) is 0 Å². The molecule has 18 heavy (non-hydrogen) atoms. The van der Waals surface area contributed by atoms with Crippen molar-refractivity contribution in [2.75, 3.05) is 5.73 Å². The van der Waals surface area contributed by atoms with E-state index in [2.05, 4.69) is 10.4 Å². The van der Waals surface area contributed by atoms with E-state index in [0.717, 1.165) is 18.4 Å². The molecule has 5 nitrogen and oxygen atoms in total. The molecule has 0 bridgehead atoms. The van der Waals surface area contributed by atoms with E-state index in [1.54, 1.807) is 6.07 Å². The molecule has 0 aliphatic heterocycles. The van der Waals surface area contributed by atoms with Gasteiger partial charge in [-0.2, -0.15) is 9.78 Å². The maximum Gasteiger partial charge on any atom is 0.344 e. The topological polar surface area (TPSA) is 72.9 Å². The highest BCUT2D eigenvalue weighted by Crippen LogP contribution is 2.45. The van der Waals surface area contributed by atoms with E-state index in [-0.39, 0.29) is 11.6 Å². The van der Waals surface area contributed by atoms with Gasteiger partial charge < -0.3 is 11.1 Å². The van der Waals surface area contributed by atoms with Crippen molar-refractivity contribution < 1.29 is 4.79 Å². The Hall–Kier alpha value is -2.30. The molecule has 92 valence electrons. The Kier molecular flexibility index (Phi) is 2.33. The molecule has 5 heteroatoms. The second-order valence-electron chi connectivity index (χ2n) is 4.55. The van der Waals surface area contributed by atoms with Crippen LogP contribution in [0.25, 0.3) is 0 Å². The van der Waals surface area contributed by atoms with Crippen LogP contribution >= 0.6 is 0 Å². The number of benzene rings is 1. The maximum absolute atomic E-state index is 12.1. The average molecular weight is 242 g/mol. The highest BCUT2D eigenvalue weighted by molar-refractivity contribution is 5.80. The minimum Gasteiger partial charge on any atom is -0.383 e. The van der Waals surface area contributed by atoms with Crippen molar-refractivity contribution in [2.45, 2.75) is 18.4 Å². The zero-order chi connectivity index (χ0) is 12.6. The van der Waals surface area contributed by atoms with Gasteiger partial charge in [-0.25, -0.2) is 4.79 Å². The molecule has 1 aliphatic rings. The van der Waals surface area contributed by atoms with E-state index < -0.39 is 0 Å². The highest BCUT2D eigenvalue weighted by Gasteiger charge is 2.46. The van der Waals surface area contributed by atoms with Crippen LogP contribution in [0.3, 0.4) is 0 Å². The number of nitrogens with zero attached hydrogens (tertiary/aromatic N) is 2. The summed E-state index contributed by atoms with van der Waals surface area (Å²) in [5, 5.41) is 6.91. The van der Waals surface area contributed by atoms with Crippen molar-refractivity contribution in [1.82, 2.24) is 15.1 Å². The molecule has 2 aromatic rings. The van der Waals surface area contributed by atoms with E-state index in [1.807, 2.05) is 30.3 Å². The first-order valence-corrected chi connectivity index (χ1v) is 5.89. The third kappa shape index (κ3) is 1.73. The number of amides is 1. The van der Waals surface area contributed by atoms with Crippen LogP contribution < -0.4 is 11.1 Å². The average Bonchev–Trinajstić information content (AvgIpc) is 3.04. The van der Waals surface area contributed by atoms with Crippen LogP contribution in [0, 0.1) is 0 Å². The van der Waals surface area contributed by atoms with Crippen molar-refractivity contribution in [1.29, 1.82) is 0 Å². The Balaban J connectivity index is 1.82. The number of hydrogen-bond acceptors (Lipinski definition) is 3. The summed E-state index contributed by atoms with van der Waals surface area (Å²) in [5.74, 6) is 0.344. The lowest BCUT2D eigenvalue weighted by Gasteiger charge is -2.17. The Bertz CT molecular complexity index is 572. The van der Waals surface area contributed by atoms with Crippen molar-refractivity contribution >= 4 is 11.8 Å². The van der Waals surface area contributed by atoms with Crippen LogP contribution in [-0.2, 0) is 5.54 Å². The fraction of sp³-hybridized carbons (Fsp3) is 0.231. The summed E-state index contributed by atoms with van der Waals surface area (Å²) in [5.41, 5.74) is 6.55. The summed E-state index contributed by atoms with van der Waals surface area (Å²) in [6.07, 6.45) is 3.41. The summed E-state index contributed by atoms with van der Waals surface area (Å²) in [6, 6.07) is 11.3. The molecule has 1 saturated carbocycles. The molecular formula is C13H14N4O. The highest BCUT2D eigenvalue weighted by atomic mass is 16.2. The van der Waals surface area contributed by atoms with Gasteiger partial charge >= 0.3 is 6.03 Å². The fourth-order valence-corrected chi connectivity index (χ4v) is 2.11. The lowest BCUT2D eigenvalue weighted by atomic mass is 10.1. The SMILES string of the molecule is Nc1ccnn1C(=O)NC1(c2ccccc2)CC1. The minimum absolute atomic E-state index is 0.239. The van der Waals surface area contributed by atoms with Crippen LogP contribution in [0.4, 0.5) is 10.6 Å². The lowest BCUT2D eigenvalue weighted by molar-refractivity contribution is 0.235. The molecule has 1 heterocycles. The standard InChI is InChI=1S/C13H14N4O/c14-11-6-9-15-17(11)12(18)16-13(7-8-13)10-4-2-1-3-5-10/h1-6,9H,7-8,14H2,(H,16,18). The van der Waals surface area contributed by atoms with Crippen LogP contribution in [-0.4, -0.2) is 15.8 Å². The Morgan fingerprint density at radius 3 is 2.56 bits per heavy atom. The number of nitrogen functional groups attached to an aromatic ring is 1. The molecule has 0 unspecified atom stereocenters. The number of nitrogens with one attached hydrogen (secondary N) is 1. The molecular weight excluding hydrogens is 228 g/mol. The number of anilines is 1. The normalized spacial score (nSPS) is 16.2. The molecule has 1 fully saturated rings. The zero-order valence-electron chi connectivity index (χ0n) is 9.84. The third-order valence-electron chi connectivity index (χ3n) is 3.29. The summed E-state index contributed by atoms with van der Waals surface area (Å²) in [4.78, 5) is 12.1. The van der Waals surface area contributed by atoms with Crippen LogP contribution in [0.15, 0.2) is 42.6 Å². The number of carbonyl (C=O) groups excluding carboxylic acids is 1. The predicted molar refractivity (Wildman–Crippen MR) is 67.9 cm³/mol. The van der Waals surface area contributed by atoms with Gasteiger partial charge in [0.15, 0.2) is 0 Å². The molecule has 0 saturated heterocycles. The smallest absolute Gasteiger partial charge is 0.344 e. The number of carbonyl (C=O) groups is 1. The molecule has 1 amide bonds. The number of rotatable bonds is 2. The van der Waals surface area contributed by atoms with Crippen molar-refractivity contribution in [3.05, 3.63) is 48.2 Å². The second-order valence-corrected chi connectivity index (χ2v) is 4.55. The zero-order valence-corrected chi connectivity index (χ0v) is 9.84. The first-order valence-electron chi connectivity index (χ1n) is 5.89. The van der Waals surface area contributed by atoms with E-state index >= 15 is 0 Å². The first-order chi connectivity index (χ1) is 8.71. The molecule has 3 rings (SSSR count). The fourth-order valence-electron chi connectivity index (χ4n) is 2.11. The molecule has 0 radical (unpaired) electrons. The maximum atomic E-state index is 12.1. The van der Waals surface area contributed by atoms with Crippen LogP contribution in [0.1, 0.15) is 18.4 Å². The Morgan fingerprint density at radius 1 is 1.28 bits per heavy atom. The van der Waals surface area contributed by atoms with Crippen LogP contribution in [0.2, 0.25) is 0 Å². The van der Waals surface area contributed by atoms with Gasteiger partial charge in [0.1, 0.15) is 5.82 Å². The van der Waals surface area contributed by atoms with Gasteiger partial charge in [0.05, 0.1) is 11.7 Å². The van der Waals surface area contributed by atoms with E-state index in [9.17, 15) is 4.79 Å². The molecule has 3 N–H and O–H groups in total. The van der Waals surface area contributed by atoms with Crippen molar-refractivity contribution in [3.8, 4) is 0 Å². The monoisotopic (exact) mass is 242 g/mol. The summed E-state index contributed by atoms with van der Waals surface area (Å²) >= 11 is 0. The van der Waals surface area contributed by atoms with E-state index in [0.29, 0.717) is 5.82 Å². The minimum atomic E-state index is -0.279. The molecule has 0 spiro atoms. The molecule has 0 atom stereocenters. The van der Waals surface area contributed by atoms with Crippen LogP contribution in [0.5, 0.6) is 0 Å². The summed E-state index contributed by atoms with van der Waals surface area (Å²) in [6.45, 7) is 0. The Labute approximate surface area is 105 Å². The van der Waals surface area contributed by atoms with E-state index in [1.165, 1.54) is 10.9 Å². The third-order valence-corrected chi connectivity index (χ3v) is 3.29. The second kappa shape index (κ2) is 3.87. The van der Waals surface area contributed by atoms with E-state index in [4.69, 9.17) is 5.73 Å². The van der Waals surface area contributed by atoms with Gasteiger partial charge in [0.2, 0.25) is 0 Å². The summed E-state index contributed by atoms with van der Waals surface area (Å²) < 4.78 is 1.18. The van der Waals surface area contributed by atoms with Crippen molar-refractivity contribution in [2.24, 2.45) is 0 Å². The van der Waals surface area contributed by atoms with Gasteiger partial charge in [-0.15, -0.1) is 0 Å². The number of aromatic nitrogens is 2. The Morgan fingerprint density at radius 2 is 2.00 bits per heavy atom. The quantitative estimate of drug-likeness (QED) is 0.842. The lowest BCUT2D eigenvalue weighted by Crippen LogP contribution is -2.38. The van der Waals surface area contributed by atoms with Gasteiger partial charge in [0.25, 0.3) is 0 Å². The molecule has 1 aromatic carbocycles. The molecule has 1 aromatic heterocycles. The number of nitrogens with two attached hydrogens (primary N) is 1. The van der Waals surface area contributed by atoms with Gasteiger partial charge in [-0.05, 0) is 18.4 Å². The first kappa shape index (κ1) is 10.8. The predicted octanol–water partition coefficient (Wildman–Crippen LogP) is 1.71. The van der Waals surface area contributed by atoms with Gasteiger partial charge in [-0.1, -0.05) is 30.3 Å². The molecule has 1 aliphatic carbocycles. The summed E-state index contributed by atoms with van der Waals surface area (Å²) in [7, 11) is 0.